The van der Waals surface area contributed by atoms with E-state index < -0.39 is 0 Å². The number of rotatable bonds is 4. The molecule has 0 radical (unpaired) electrons. The highest BCUT2D eigenvalue weighted by atomic mass is 16.5. The fourth-order valence-electron chi connectivity index (χ4n) is 1.99. The fourth-order valence-corrected chi connectivity index (χ4v) is 1.99. The summed E-state index contributed by atoms with van der Waals surface area (Å²) >= 11 is 0. The summed E-state index contributed by atoms with van der Waals surface area (Å²) in [5.41, 5.74) is 0.0612. The molecule has 1 aliphatic heterocycles. The standard InChI is InChI=1S/C12H16O4/c1-12(7-15-8-12)6-9(11(13)14-2)10-4-3-5-16-10/h3-5,9H,6-8H2,1-2H3. The highest BCUT2D eigenvalue weighted by molar-refractivity contribution is 5.77. The molecule has 1 fully saturated rings. The Morgan fingerprint density at radius 3 is 2.81 bits per heavy atom. The van der Waals surface area contributed by atoms with Crippen LogP contribution in [-0.2, 0) is 14.3 Å². The molecule has 4 nitrogen and oxygen atoms in total. The fraction of sp³-hybridized carbons (Fsp3) is 0.583. The van der Waals surface area contributed by atoms with Gasteiger partial charge in [0.25, 0.3) is 0 Å². The molecule has 88 valence electrons. The Morgan fingerprint density at radius 1 is 1.62 bits per heavy atom. The van der Waals surface area contributed by atoms with E-state index >= 15 is 0 Å². The zero-order valence-electron chi connectivity index (χ0n) is 9.56. The van der Waals surface area contributed by atoms with Gasteiger partial charge in [-0.25, -0.2) is 0 Å². The summed E-state index contributed by atoms with van der Waals surface area (Å²) in [4.78, 5) is 11.7. The summed E-state index contributed by atoms with van der Waals surface area (Å²) < 4.78 is 15.3. The van der Waals surface area contributed by atoms with E-state index in [1.807, 2.05) is 6.07 Å². The molecule has 0 spiro atoms. The Labute approximate surface area is 94.5 Å². The van der Waals surface area contributed by atoms with Crippen molar-refractivity contribution in [2.45, 2.75) is 19.3 Å². The molecule has 16 heavy (non-hydrogen) atoms. The van der Waals surface area contributed by atoms with Crippen molar-refractivity contribution in [2.75, 3.05) is 20.3 Å². The molecule has 1 unspecified atom stereocenters. The van der Waals surface area contributed by atoms with Crippen LogP contribution in [0.4, 0.5) is 0 Å². The zero-order chi connectivity index (χ0) is 11.6. The van der Waals surface area contributed by atoms with Crippen molar-refractivity contribution >= 4 is 5.97 Å². The van der Waals surface area contributed by atoms with Gasteiger partial charge >= 0.3 is 5.97 Å². The maximum atomic E-state index is 11.7. The smallest absolute Gasteiger partial charge is 0.316 e. The molecule has 0 bridgehead atoms. The van der Waals surface area contributed by atoms with Gasteiger partial charge in [0.15, 0.2) is 0 Å². The van der Waals surface area contributed by atoms with E-state index in [0.717, 1.165) is 0 Å². The number of furan rings is 1. The minimum Gasteiger partial charge on any atom is -0.468 e. The third-order valence-electron chi connectivity index (χ3n) is 2.97. The van der Waals surface area contributed by atoms with Gasteiger partial charge in [0.2, 0.25) is 0 Å². The summed E-state index contributed by atoms with van der Waals surface area (Å²) in [5.74, 6) is 0.0944. The number of carbonyl (C=O) groups is 1. The van der Waals surface area contributed by atoms with Gasteiger partial charge in [-0.15, -0.1) is 0 Å². The predicted molar refractivity (Wildman–Crippen MR) is 57.0 cm³/mol. The van der Waals surface area contributed by atoms with Crippen LogP contribution in [0.3, 0.4) is 0 Å². The van der Waals surface area contributed by atoms with Gasteiger partial charge in [-0.3, -0.25) is 4.79 Å². The van der Waals surface area contributed by atoms with Crippen LogP contribution in [0.1, 0.15) is 25.0 Å². The van der Waals surface area contributed by atoms with Crippen molar-refractivity contribution < 1.29 is 18.7 Å². The molecule has 1 aliphatic rings. The summed E-state index contributed by atoms with van der Waals surface area (Å²) in [5, 5.41) is 0. The van der Waals surface area contributed by atoms with Crippen LogP contribution < -0.4 is 0 Å². The molecule has 0 N–H and O–H groups in total. The van der Waals surface area contributed by atoms with Crippen LogP contribution in [0, 0.1) is 5.41 Å². The second-order valence-corrected chi connectivity index (χ2v) is 4.60. The topological polar surface area (TPSA) is 48.7 Å². The van der Waals surface area contributed by atoms with Crippen molar-refractivity contribution in [2.24, 2.45) is 5.41 Å². The van der Waals surface area contributed by atoms with Crippen molar-refractivity contribution in [1.82, 2.24) is 0 Å². The minimum absolute atomic E-state index is 0.0612. The third-order valence-corrected chi connectivity index (χ3v) is 2.97. The van der Waals surface area contributed by atoms with E-state index in [-0.39, 0.29) is 17.3 Å². The van der Waals surface area contributed by atoms with Gasteiger partial charge in [-0.05, 0) is 18.6 Å². The Balaban J connectivity index is 2.12. The summed E-state index contributed by atoms with van der Waals surface area (Å²) in [6.45, 7) is 3.50. The SMILES string of the molecule is COC(=O)C(CC1(C)COC1)c1ccco1. The first kappa shape index (κ1) is 11.2. The zero-order valence-corrected chi connectivity index (χ0v) is 9.56. The molecule has 4 heteroatoms. The first-order chi connectivity index (χ1) is 7.64. The van der Waals surface area contributed by atoms with E-state index in [9.17, 15) is 4.79 Å². The highest BCUT2D eigenvalue weighted by Crippen LogP contribution is 2.38. The van der Waals surface area contributed by atoms with Crippen LogP contribution in [0.2, 0.25) is 0 Å². The van der Waals surface area contributed by atoms with Gasteiger partial charge in [-0.1, -0.05) is 6.92 Å². The lowest BCUT2D eigenvalue weighted by Crippen LogP contribution is -2.41. The summed E-state index contributed by atoms with van der Waals surface area (Å²) in [6.07, 6.45) is 2.28. The van der Waals surface area contributed by atoms with Crippen molar-refractivity contribution in [3.05, 3.63) is 24.2 Å². The molecule has 0 aliphatic carbocycles. The van der Waals surface area contributed by atoms with Gasteiger partial charge in [0.1, 0.15) is 11.7 Å². The minimum atomic E-state index is -0.325. The second-order valence-electron chi connectivity index (χ2n) is 4.60. The van der Waals surface area contributed by atoms with Gasteiger partial charge in [0.05, 0.1) is 26.6 Å². The Hall–Kier alpha value is -1.29. The first-order valence-electron chi connectivity index (χ1n) is 5.34. The van der Waals surface area contributed by atoms with Crippen LogP contribution in [-0.4, -0.2) is 26.3 Å². The maximum absolute atomic E-state index is 11.7. The molecule has 1 aromatic rings. The van der Waals surface area contributed by atoms with E-state index in [4.69, 9.17) is 13.9 Å². The molecular weight excluding hydrogens is 208 g/mol. The average molecular weight is 224 g/mol. The molecule has 1 saturated heterocycles. The van der Waals surface area contributed by atoms with Crippen molar-refractivity contribution in [3.8, 4) is 0 Å². The van der Waals surface area contributed by atoms with Crippen molar-refractivity contribution in [1.29, 1.82) is 0 Å². The van der Waals surface area contributed by atoms with Crippen LogP contribution in [0.5, 0.6) is 0 Å². The molecule has 0 aromatic carbocycles. The van der Waals surface area contributed by atoms with Gasteiger partial charge < -0.3 is 13.9 Å². The van der Waals surface area contributed by atoms with Gasteiger partial charge in [0, 0.05) is 5.41 Å². The van der Waals surface area contributed by atoms with E-state index in [2.05, 4.69) is 6.92 Å². The van der Waals surface area contributed by atoms with E-state index in [1.165, 1.54) is 7.11 Å². The highest BCUT2D eigenvalue weighted by Gasteiger charge is 2.39. The maximum Gasteiger partial charge on any atom is 0.316 e. The quantitative estimate of drug-likeness (QED) is 0.733. The molecular formula is C12H16O4. The lowest BCUT2D eigenvalue weighted by Gasteiger charge is -2.39. The summed E-state index contributed by atoms with van der Waals surface area (Å²) in [6, 6.07) is 3.59. The van der Waals surface area contributed by atoms with Crippen LogP contribution in [0.15, 0.2) is 22.8 Å². The third kappa shape index (κ3) is 2.11. The molecule has 0 amide bonds. The van der Waals surface area contributed by atoms with Crippen molar-refractivity contribution in [3.63, 3.8) is 0 Å². The molecule has 0 saturated carbocycles. The van der Waals surface area contributed by atoms with Crippen LogP contribution >= 0.6 is 0 Å². The Kier molecular flexibility index (Phi) is 3.01. The second kappa shape index (κ2) is 4.29. The largest absolute Gasteiger partial charge is 0.468 e. The predicted octanol–water partition coefficient (Wildman–Crippen LogP) is 1.96. The monoisotopic (exact) mass is 224 g/mol. The van der Waals surface area contributed by atoms with E-state index in [1.54, 1.807) is 12.3 Å². The number of ether oxygens (including phenoxy) is 2. The van der Waals surface area contributed by atoms with E-state index in [0.29, 0.717) is 25.4 Å². The number of carbonyl (C=O) groups excluding carboxylic acids is 1. The number of esters is 1. The number of hydrogen-bond acceptors (Lipinski definition) is 4. The average Bonchev–Trinajstić information content (AvgIpc) is 2.75. The Morgan fingerprint density at radius 2 is 2.38 bits per heavy atom. The summed E-state index contributed by atoms with van der Waals surface area (Å²) in [7, 11) is 1.40. The van der Waals surface area contributed by atoms with Crippen LogP contribution in [0.25, 0.3) is 0 Å². The molecule has 1 aromatic heterocycles. The molecule has 1 atom stereocenters. The Bertz CT molecular complexity index is 351. The normalized spacial score (nSPS) is 19.9. The lowest BCUT2D eigenvalue weighted by molar-refractivity contribution is -0.149. The number of hydrogen-bond donors (Lipinski definition) is 0. The molecule has 2 rings (SSSR count). The number of methoxy groups -OCH3 is 1. The lowest BCUT2D eigenvalue weighted by atomic mass is 9.78. The molecule has 2 heterocycles. The first-order valence-corrected chi connectivity index (χ1v) is 5.34. The van der Waals surface area contributed by atoms with Gasteiger partial charge in [-0.2, -0.15) is 0 Å².